The first-order valence-electron chi connectivity index (χ1n) is 4.01. The molecule has 1 heterocycles. The van der Waals surface area contributed by atoms with E-state index in [1.807, 2.05) is 6.07 Å². The lowest BCUT2D eigenvalue weighted by atomic mass is 10.1. The Balaban J connectivity index is 2.74. The number of hydrogen-bond acceptors (Lipinski definition) is 3. The van der Waals surface area contributed by atoms with Crippen LogP contribution in [0.15, 0.2) is 18.2 Å². The fraction of sp³-hybridized carbons (Fsp3) is 0.100. The van der Waals surface area contributed by atoms with Gasteiger partial charge in [0.1, 0.15) is 6.29 Å². The van der Waals surface area contributed by atoms with E-state index in [1.165, 1.54) is 11.3 Å². The van der Waals surface area contributed by atoms with Gasteiger partial charge in [-0.1, -0.05) is 27.3 Å². The second-order valence-corrected chi connectivity index (χ2v) is 4.55. The normalized spacial score (nSPS) is 10.6. The molecule has 0 radical (unpaired) electrons. The number of thiophene rings is 1. The first-order valence-corrected chi connectivity index (χ1v) is 5.95. The predicted molar refractivity (Wildman–Crippen MR) is 61.5 cm³/mol. The van der Waals surface area contributed by atoms with E-state index in [-0.39, 0.29) is 5.06 Å². The Morgan fingerprint density at radius 1 is 1.43 bits per heavy atom. The molecule has 0 atom stereocenters. The summed E-state index contributed by atoms with van der Waals surface area (Å²) in [6.45, 7) is 0. The minimum Gasteiger partial charge on any atom is -0.499 e. The van der Waals surface area contributed by atoms with E-state index in [2.05, 4.69) is 15.9 Å². The van der Waals surface area contributed by atoms with Gasteiger partial charge in [-0.05, 0) is 29.1 Å². The van der Waals surface area contributed by atoms with Crippen molar-refractivity contribution in [2.24, 2.45) is 0 Å². The number of aldehydes is 1. The lowest BCUT2D eigenvalue weighted by Gasteiger charge is -1.99. The maximum Gasteiger partial charge on any atom is 0.172 e. The highest BCUT2D eigenvalue weighted by Gasteiger charge is 2.06. The molecule has 1 aromatic heterocycles. The highest BCUT2D eigenvalue weighted by Crippen LogP contribution is 2.32. The Bertz CT molecular complexity index is 490. The van der Waals surface area contributed by atoms with E-state index < -0.39 is 0 Å². The van der Waals surface area contributed by atoms with Crippen molar-refractivity contribution in [3.05, 3.63) is 29.3 Å². The average Bonchev–Trinajstić information content (AvgIpc) is 2.54. The van der Waals surface area contributed by atoms with Crippen LogP contribution in [0, 0.1) is 0 Å². The summed E-state index contributed by atoms with van der Waals surface area (Å²) in [6, 6.07) is 5.40. The van der Waals surface area contributed by atoms with Gasteiger partial charge >= 0.3 is 0 Å². The van der Waals surface area contributed by atoms with Crippen LogP contribution < -0.4 is 0 Å². The van der Waals surface area contributed by atoms with E-state index in [1.54, 1.807) is 12.1 Å². The number of aromatic hydroxyl groups is 1. The predicted octanol–water partition coefficient (Wildman–Crippen LogP) is 3.31. The van der Waals surface area contributed by atoms with Crippen molar-refractivity contribution < 1.29 is 9.90 Å². The molecule has 0 unspecified atom stereocenters. The van der Waals surface area contributed by atoms with Gasteiger partial charge in [0, 0.05) is 15.6 Å². The van der Waals surface area contributed by atoms with Crippen LogP contribution in [-0.4, -0.2) is 11.4 Å². The van der Waals surface area contributed by atoms with Gasteiger partial charge in [-0.15, -0.1) is 0 Å². The molecule has 14 heavy (non-hydrogen) atoms. The van der Waals surface area contributed by atoms with E-state index in [0.717, 1.165) is 21.9 Å². The van der Waals surface area contributed by atoms with Crippen LogP contribution in [-0.2, 0) is 5.33 Å². The molecule has 1 aromatic carbocycles. The van der Waals surface area contributed by atoms with Crippen LogP contribution in [0.25, 0.3) is 10.1 Å². The minimum absolute atomic E-state index is 0.281. The van der Waals surface area contributed by atoms with E-state index in [4.69, 9.17) is 0 Å². The zero-order valence-corrected chi connectivity index (χ0v) is 9.56. The second-order valence-electron chi connectivity index (χ2n) is 2.92. The Morgan fingerprint density at radius 3 is 2.86 bits per heavy atom. The monoisotopic (exact) mass is 270 g/mol. The van der Waals surface area contributed by atoms with Crippen molar-refractivity contribution in [1.29, 1.82) is 0 Å². The summed E-state index contributed by atoms with van der Waals surface area (Å²) in [5.41, 5.74) is 1.63. The Labute approximate surface area is 93.3 Å². The quantitative estimate of drug-likeness (QED) is 0.672. The molecule has 0 bridgehead atoms. The first kappa shape index (κ1) is 9.68. The number of alkyl halides is 1. The molecular weight excluding hydrogens is 264 g/mol. The van der Waals surface area contributed by atoms with Crippen LogP contribution in [0.1, 0.15) is 15.9 Å². The number of benzene rings is 1. The van der Waals surface area contributed by atoms with E-state index >= 15 is 0 Å². The molecule has 0 amide bonds. The maximum atomic E-state index is 10.8. The largest absolute Gasteiger partial charge is 0.499 e. The Kier molecular flexibility index (Phi) is 2.56. The third-order valence-corrected chi connectivity index (χ3v) is 3.54. The summed E-state index contributed by atoms with van der Waals surface area (Å²) < 4.78 is 1.00. The smallest absolute Gasteiger partial charge is 0.172 e. The topological polar surface area (TPSA) is 37.3 Å². The van der Waals surface area contributed by atoms with Crippen LogP contribution in [0.2, 0.25) is 0 Å². The highest BCUT2D eigenvalue weighted by molar-refractivity contribution is 9.08. The zero-order valence-electron chi connectivity index (χ0n) is 7.16. The SMILES string of the molecule is O=Cc1cc2cc(O)sc2cc1CBr. The average molecular weight is 271 g/mol. The van der Waals surface area contributed by atoms with Crippen molar-refractivity contribution in [3.63, 3.8) is 0 Å². The molecular formula is C10H7BrO2S. The van der Waals surface area contributed by atoms with Gasteiger partial charge in [-0.25, -0.2) is 0 Å². The number of fused-ring (bicyclic) bond motifs is 1. The van der Waals surface area contributed by atoms with Gasteiger partial charge in [0.15, 0.2) is 5.06 Å². The third-order valence-electron chi connectivity index (χ3n) is 2.04. The molecule has 0 aliphatic carbocycles. The van der Waals surface area contributed by atoms with Gasteiger partial charge < -0.3 is 5.11 Å². The summed E-state index contributed by atoms with van der Waals surface area (Å²) in [6.07, 6.45) is 0.838. The minimum atomic E-state index is 0.281. The second kappa shape index (κ2) is 3.71. The molecule has 2 rings (SSSR count). The molecule has 0 aliphatic heterocycles. The van der Waals surface area contributed by atoms with Crippen LogP contribution in [0.5, 0.6) is 5.06 Å². The third kappa shape index (κ3) is 1.55. The van der Waals surface area contributed by atoms with Crippen molar-refractivity contribution in [1.82, 2.24) is 0 Å². The zero-order chi connectivity index (χ0) is 10.1. The lowest BCUT2D eigenvalue weighted by Crippen LogP contribution is -1.87. The number of rotatable bonds is 2. The van der Waals surface area contributed by atoms with Crippen molar-refractivity contribution in [2.75, 3.05) is 0 Å². The van der Waals surface area contributed by atoms with Crippen molar-refractivity contribution in [2.45, 2.75) is 5.33 Å². The van der Waals surface area contributed by atoms with Gasteiger partial charge in [0.05, 0.1) is 0 Å². The molecule has 2 nitrogen and oxygen atoms in total. The summed E-state index contributed by atoms with van der Waals surface area (Å²) in [5.74, 6) is 0. The molecule has 2 aromatic rings. The fourth-order valence-corrected chi connectivity index (χ4v) is 2.69. The number of hydrogen-bond donors (Lipinski definition) is 1. The highest BCUT2D eigenvalue weighted by atomic mass is 79.9. The molecule has 0 spiro atoms. The summed E-state index contributed by atoms with van der Waals surface area (Å²) in [5, 5.41) is 11.1. The van der Waals surface area contributed by atoms with Crippen molar-refractivity contribution in [3.8, 4) is 5.06 Å². The summed E-state index contributed by atoms with van der Waals surface area (Å²) in [4.78, 5) is 10.8. The molecule has 0 saturated carbocycles. The summed E-state index contributed by atoms with van der Waals surface area (Å²) >= 11 is 4.64. The number of halogens is 1. The Morgan fingerprint density at radius 2 is 2.21 bits per heavy atom. The molecule has 4 heteroatoms. The molecule has 0 aliphatic rings. The van der Waals surface area contributed by atoms with Crippen LogP contribution >= 0.6 is 27.3 Å². The first-order chi connectivity index (χ1) is 6.74. The van der Waals surface area contributed by atoms with E-state index in [9.17, 15) is 9.90 Å². The van der Waals surface area contributed by atoms with Crippen molar-refractivity contribution >= 4 is 43.6 Å². The van der Waals surface area contributed by atoms with Gasteiger partial charge in [-0.3, -0.25) is 4.79 Å². The number of carbonyl (C=O) groups excluding carboxylic acids is 1. The molecule has 0 saturated heterocycles. The van der Waals surface area contributed by atoms with Gasteiger partial charge in [0.2, 0.25) is 0 Å². The maximum absolute atomic E-state index is 10.8. The van der Waals surface area contributed by atoms with E-state index in [0.29, 0.717) is 10.9 Å². The standard InChI is InChI=1S/C10H7BrO2S/c11-4-7-2-9-6(1-8(7)5-12)3-10(13)14-9/h1-3,5,13H,4H2. The lowest BCUT2D eigenvalue weighted by molar-refractivity contribution is 0.112. The number of carbonyl (C=O) groups is 1. The molecule has 72 valence electrons. The summed E-state index contributed by atoms with van der Waals surface area (Å²) in [7, 11) is 0. The van der Waals surface area contributed by atoms with Gasteiger partial charge in [0.25, 0.3) is 0 Å². The van der Waals surface area contributed by atoms with Gasteiger partial charge in [-0.2, -0.15) is 0 Å². The molecule has 1 N–H and O–H groups in total. The van der Waals surface area contributed by atoms with Crippen LogP contribution in [0.3, 0.4) is 0 Å². The Hall–Kier alpha value is -0.870. The van der Waals surface area contributed by atoms with Crippen LogP contribution in [0.4, 0.5) is 0 Å². The fourth-order valence-electron chi connectivity index (χ4n) is 1.36. The molecule has 0 fully saturated rings.